The maximum atomic E-state index is 12.7. The number of aryl methyl sites for hydroxylation is 1. The number of hydrogen-bond donors (Lipinski definition) is 2. The average Bonchev–Trinajstić information content (AvgIpc) is 2.87. The fourth-order valence-electron chi connectivity index (χ4n) is 2.45. The molecule has 1 aromatic carbocycles. The summed E-state index contributed by atoms with van der Waals surface area (Å²) < 4.78 is 31.2. The van der Waals surface area contributed by atoms with Gasteiger partial charge in [0, 0.05) is 19.1 Å². The van der Waals surface area contributed by atoms with E-state index in [1.54, 1.807) is 25.1 Å². The molecule has 1 aliphatic rings. The van der Waals surface area contributed by atoms with E-state index in [9.17, 15) is 13.2 Å². The maximum absolute atomic E-state index is 12.7. The molecule has 7 nitrogen and oxygen atoms in total. The summed E-state index contributed by atoms with van der Waals surface area (Å²) >= 11 is 0. The monoisotopic (exact) mass is 313 g/mol. The van der Waals surface area contributed by atoms with Gasteiger partial charge in [-0.1, -0.05) is 12.1 Å². The number of methoxy groups -OCH3 is 1. The minimum atomic E-state index is -3.66. The first-order chi connectivity index (χ1) is 9.86. The lowest BCUT2D eigenvalue weighted by Gasteiger charge is -2.19. The van der Waals surface area contributed by atoms with Gasteiger partial charge in [-0.25, -0.2) is 13.2 Å². The van der Waals surface area contributed by atoms with E-state index in [2.05, 4.69) is 10.1 Å². The standard InChI is InChI=1S/C13H19N3O4S/c1-9-4-3-5-11(14)12(9)21(18,19)16-7-6-10(8-16)15-13(17)20-2/h3-5,10H,6-8,14H2,1-2H3,(H,15,17). The molecule has 0 radical (unpaired) electrons. The largest absolute Gasteiger partial charge is 0.453 e. The lowest BCUT2D eigenvalue weighted by molar-refractivity contribution is 0.167. The Kier molecular flexibility index (Phi) is 4.38. The Morgan fingerprint density at radius 2 is 2.19 bits per heavy atom. The predicted molar refractivity (Wildman–Crippen MR) is 78.3 cm³/mol. The van der Waals surface area contributed by atoms with Crippen LogP contribution in [-0.4, -0.2) is 45.1 Å². The van der Waals surface area contributed by atoms with Crippen molar-refractivity contribution in [3.8, 4) is 0 Å². The SMILES string of the molecule is COC(=O)NC1CCN(S(=O)(=O)c2c(C)cccc2N)C1. The van der Waals surface area contributed by atoms with E-state index >= 15 is 0 Å². The summed E-state index contributed by atoms with van der Waals surface area (Å²) in [6.45, 7) is 2.26. The normalized spacial score (nSPS) is 19.4. The molecule has 0 bridgehead atoms. The van der Waals surface area contributed by atoms with Gasteiger partial charge in [0.25, 0.3) is 0 Å². The summed E-state index contributed by atoms with van der Waals surface area (Å²) in [5.74, 6) is 0. The number of hydrogen-bond acceptors (Lipinski definition) is 5. The summed E-state index contributed by atoms with van der Waals surface area (Å²) in [4.78, 5) is 11.3. The first-order valence-corrected chi connectivity index (χ1v) is 8.00. The van der Waals surface area contributed by atoms with Crippen LogP contribution in [0.1, 0.15) is 12.0 Å². The van der Waals surface area contributed by atoms with Gasteiger partial charge in [0.05, 0.1) is 12.8 Å². The van der Waals surface area contributed by atoms with E-state index in [1.165, 1.54) is 11.4 Å². The minimum Gasteiger partial charge on any atom is -0.453 e. The van der Waals surface area contributed by atoms with Crippen LogP contribution in [0.15, 0.2) is 23.1 Å². The highest BCUT2D eigenvalue weighted by molar-refractivity contribution is 7.89. The first-order valence-electron chi connectivity index (χ1n) is 6.56. The minimum absolute atomic E-state index is 0.142. The molecule has 0 saturated carbocycles. The van der Waals surface area contributed by atoms with Crippen LogP contribution in [0.2, 0.25) is 0 Å². The van der Waals surface area contributed by atoms with Crippen LogP contribution in [0, 0.1) is 6.92 Å². The highest BCUT2D eigenvalue weighted by atomic mass is 32.2. The molecule has 1 heterocycles. The van der Waals surface area contributed by atoms with Crippen LogP contribution < -0.4 is 11.1 Å². The zero-order chi connectivity index (χ0) is 15.6. The Hall–Kier alpha value is -1.80. The van der Waals surface area contributed by atoms with Gasteiger partial charge in [0.2, 0.25) is 10.0 Å². The van der Waals surface area contributed by atoms with Gasteiger partial charge >= 0.3 is 6.09 Å². The molecule has 116 valence electrons. The Labute approximate surface area is 124 Å². The molecule has 3 N–H and O–H groups in total. The van der Waals surface area contributed by atoms with E-state index in [0.717, 1.165) is 0 Å². The fraction of sp³-hybridized carbons (Fsp3) is 0.462. The number of nitrogen functional groups attached to an aromatic ring is 1. The highest BCUT2D eigenvalue weighted by Gasteiger charge is 2.35. The van der Waals surface area contributed by atoms with Gasteiger partial charge in [-0.2, -0.15) is 4.31 Å². The van der Waals surface area contributed by atoms with Crippen molar-refractivity contribution in [1.29, 1.82) is 0 Å². The number of nitrogens with one attached hydrogen (secondary N) is 1. The van der Waals surface area contributed by atoms with E-state index in [-0.39, 0.29) is 23.2 Å². The molecule has 1 atom stereocenters. The summed E-state index contributed by atoms with van der Waals surface area (Å²) in [5, 5.41) is 2.61. The predicted octanol–water partition coefficient (Wildman–Crippen LogP) is 0.696. The molecule has 1 saturated heterocycles. The van der Waals surface area contributed by atoms with Crippen molar-refractivity contribution >= 4 is 21.8 Å². The van der Waals surface area contributed by atoms with Crippen LogP contribution in [-0.2, 0) is 14.8 Å². The zero-order valence-electron chi connectivity index (χ0n) is 12.0. The maximum Gasteiger partial charge on any atom is 0.407 e. The lowest BCUT2D eigenvalue weighted by atomic mass is 10.2. The van der Waals surface area contributed by atoms with Crippen molar-refractivity contribution in [2.45, 2.75) is 24.3 Å². The average molecular weight is 313 g/mol. The Bertz CT molecular complexity index is 625. The van der Waals surface area contributed by atoms with Crippen molar-refractivity contribution in [1.82, 2.24) is 9.62 Å². The smallest absolute Gasteiger partial charge is 0.407 e. The summed E-state index contributed by atoms with van der Waals surface area (Å²) in [6.07, 6.45) is -0.0187. The molecule has 0 aliphatic carbocycles. The number of benzene rings is 1. The number of sulfonamides is 1. The lowest BCUT2D eigenvalue weighted by Crippen LogP contribution is -2.38. The quantitative estimate of drug-likeness (QED) is 0.800. The van der Waals surface area contributed by atoms with Gasteiger partial charge in [-0.05, 0) is 25.0 Å². The second-order valence-electron chi connectivity index (χ2n) is 4.98. The first kappa shape index (κ1) is 15.6. The van der Waals surface area contributed by atoms with Crippen LogP contribution in [0.25, 0.3) is 0 Å². The number of rotatable bonds is 3. The topological polar surface area (TPSA) is 102 Å². The van der Waals surface area contributed by atoms with Gasteiger partial charge < -0.3 is 15.8 Å². The van der Waals surface area contributed by atoms with E-state index in [0.29, 0.717) is 18.5 Å². The third-order valence-corrected chi connectivity index (χ3v) is 5.58. The van der Waals surface area contributed by atoms with Crippen LogP contribution in [0.5, 0.6) is 0 Å². The Morgan fingerprint density at radius 3 is 2.81 bits per heavy atom. The summed E-state index contributed by atoms with van der Waals surface area (Å²) in [5.41, 5.74) is 6.66. The molecule has 1 aliphatic heterocycles. The molecule has 2 rings (SSSR count). The molecule has 1 aromatic rings. The van der Waals surface area contributed by atoms with Crippen LogP contribution >= 0.6 is 0 Å². The van der Waals surface area contributed by atoms with Crippen molar-refractivity contribution in [2.24, 2.45) is 0 Å². The number of anilines is 1. The number of carbonyl (C=O) groups is 1. The molecular weight excluding hydrogens is 294 g/mol. The number of nitrogens with zero attached hydrogens (tertiary/aromatic N) is 1. The summed E-state index contributed by atoms with van der Waals surface area (Å²) in [7, 11) is -2.39. The Balaban J connectivity index is 2.20. The zero-order valence-corrected chi connectivity index (χ0v) is 12.8. The highest BCUT2D eigenvalue weighted by Crippen LogP contribution is 2.28. The third kappa shape index (κ3) is 3.11. The molecule has 0 aromatic heterocycles. The number of ether oxygens (including phenoxy) is 1. The number of alkyl carbamates (subject to hydrolysis) is 1. The van der Waals surface area contributed by atoms with Crippen molar-refractivity contribution < 1.29 is 17.9 Å². The van der Waals surface area contributed by atoms with Crippen molar-refractivity contribution in [3.63, 3.8) is 0 Å². The van der Waals surface area contributed by atoms with Gasteiger partial charge in [-0.3, -0.25) is 0 Å². The van der Waals surface area contributed by atoms with E-state index in [1.807, 2.05) is 0 Å². The fourth-order valence-corrected chi connectivity index (χ4v) is 4.27. The molecule has 1 amide bonds. The van der Waals surface area contributed by atoms with Crippen LogP contribution in [0.3, 0.4) is 0 Å². The summed E-state index contributed by atoms with van der Waals surface area (Å²) in [6, 6.07) is 4.75. The Morgan fingerprint density at radius 1 is 1.48 bits per heavy atom. The molecule has 1 fully saturated rings. The van der Waals surface area contributed by atoms with Gasteiger partial charge in [-0.15, -0.1) is 0 Å². The van der Waals surface area contributed by atoms with Gasteiger partial charge in [0.1, 0.15) is 4.90 Å². The van der Waals surface area contributed by atoms with Gasteiger partial charge in [0.15, 0.2) is 0 Å². The van der Waals surface area contributed by atoms with E-state index in [4.69, 9.17) is 5.73 Å². The molecular formula is C13H19N3O4S. The third-order valence-electron chi connectivity index (χ3n) is 3.50. The molecule has 21 heavy (non-hydrogen) atoms. The van der Waals surface area contributed by atoms with E-state index < -0.39 is 16.1 Å². The van der Waals surface area contributed by atoms with Crippen molar-refractivity contribution in [3.05, 3.63) is 23.8 Å². The second kappa shape index (κ2) is 5.90. The molecule has 1 unspecified atom stereocenters. The number of amides is 1. The second-order valence-corrected chi connectivity index (χ2v) is 6.85. The molecule has 8 heteroatoms. The van der Waals surface area contributed by atoms with Crippen LogP contribution in [0.4, 0.5) is 10.5 Å². The molecule has 0 spiro atoms. The number of carbonyl (C=O) groups excluding carboxylic acids is 1. The number of nitrogens with two attached hydrogens (primary N) is 1. The van der Waals surface area contributed by atoms with Crippen molar-refractivity contribution in [2.75, 3.05) is 25.9 Å².